The zero-order chi connectivity index (χ0) is 13.1. The van der Waals surface area contributed by atoms with Crippen molar-refractivity contribution in [2.24, 2.45) is 0 Å². The predicted octanol–water partition coefficient (Wildman–Crippen LogP) is 1.30. The van der Waals surface area contributed by atoms with E-state index in [0.29, 0.717) is 0 Å². The number of amides is 2. The fraction of sp³-hybridized carbons (Fsp3) is 0.385. The normalized spacial score (nSPS) is 23.2. The summed E-state index contributed by atoms with van der Waals surface area (Å²) >= 11 is 0. The van der Waals surface area contributed by atoms with Crippen LogP contribution in [-0.4, -0.2) is 34.2 Å². The molecule has 2 unspecified atom stereocenters. The summed E-state index contributed by atoms with van der Waals surface area (Å²) in [4.78, 5) is 24.2. The van der Waals surface area contributed by atoms with Crippen molar-refractivity contribution in [2.45, 2.75) is 32.1 Å². The maximum absolute atomic E-state index is 11.8. The van der Waals surface area contributed by atoms with Gasteiger partial charge in [-0.1, -0.05) is 30.3 Å². The number of hydrogen-bond acceptors (Lipinski definition) is 4. The van der Waals surface area contributed by atoms with E-state index in [-0.39, 0.29) is 13.0 Å². The largest absolute Gasteiger partial charge is 0.444 e. The molecule has 0 saturated carbocycles. The third kappa shape index (κ3) is 2.51. The number of rotatable bonds is 2. The number of likely N-dealkylation sites (tertiary alicyclic amines) is 1. The van der Waals surface area contributed by atoms with E-state index in [1.807, 2.05) is 30.3 Å². The van der Waals surface area contributed by atoms with Crippen LogP contribution in [0.25, 0.3) is 0 Å². The van der Waals surface area contributed by atoms with E-state index < -0.39 is 24.1 Å². The van der Waals surface area contributed by atoms with Gasteiger partial charge in [0.05, 0.1) is 18.6 Å². The van der Waals surface area contributed by atoms with Gasteiger partial charge in [0.1, 0.15) is 6.61 Å². The summed E-state index contributed by atoms with van der Waals surface area (Å²) in [5, 5.41) is 9.50. The first-order chi connectivity index (χ1) is 8.59. The minimum Gasteiger partial charge on any atom is -0.444 e. The Labute approximate surface area is 105 Å². The Hall–Kier alpha value is -1.88. The fourth-order valence-corrected chi connectivity index (χ4v) is 1.90. The lowest BCUT2D eigenvalue weighted by molar-refractivity contribution is -0.127. The molecule has 2 amide bonds. The molecule has 0 bridgehead atoms. The third-order valence-corrected chi connectivity index (χ3v) is 3.02. The summed E-state index contributed by atoms with van der Waals surface area (Å²) in [5.74, 6) is -0.395. The minimum absolute atomic E-state index is 0.0262. The van der Waals surface area contributed by atoms with E-state index >= 15 is 0 Å². The van der Waals surface area contributed by atoms with Crippen molar-refractivity contribution in [1.29, 1.82) is 0 Å². The average molecular weight is 249 g/mol. The van der Waals surface area contributed by atoms with Gasteiger partial charge < -0.3 is 9.84 Å². The molecule has 1 aromatic rings. The molecule has 0 aromatic heterocycles. The molecule has 2 atom stereocenters. The predicted molar refractivity (Wildman–Crippen MR) is 63.6 cm³/mol. The van der Waals surface area contributed by atoms with E-state index in [2.05, 4.69) is 0 Å². The second-order valence-corrected chi connectivity index (χ2v) is 4.32. The van der Waals surface area contributed by atoms with Gasteiger partial charge in [-0.3, -0.25) is 4.79 Å². The number of hydrogen-bond donors (Lipinski definition) is 1. The van der Waals surface area contributed by atoms with Crippen LogP contribution < -0.4 is 0 Å². The lowest BCUT2D eigenvalue weighted by Crippen LogP contribution is -2.39. The first-order valence-corrected chi connectivity index (χ1v) is 5.80. The number of nitrogens with zero attached hydrogens (tertiary/aromatic N) is 1. The first-order valence-electron chi connectivity index (χ1n) is 5.80. The molecule has 1 fully saturated rings. The van der Waals surface area contributed by atoms with E-state index in [0.717, 1.165) is 10.5 Å². The molecule has 2 rings (SSSR count). The van der Waals surface area contributed by atoms with E-state index in [4.69, 9.17) is 4.74 Å². The molecule has 5 nitrogen and oxygen atoms in total. The van der Waals surface area contributed by atoms with Gasteiger partial charge in [0, 0.05) is 0 Å². The smallest absolute Gasteiger partial charge is 0.417 e. The van der Waals surface area contributed by atoms with Crippen molar-refractivity contribution in [3.8, 4) is 0 Å². The van der Waals surface area contributed by atoms with Crippen molar-refractivity contribution in [3.63, 3.8) is 0 Å². The van der Waals surface area contributed by atoms with Crippen molar-refractivity contribution >= 4 is 12.0 Å². The van der Waals surface area contributed by atoms with E-state index in [1.165, 1.54) is 0 Å². The van der Waals surface area contributed by atoms with Gasteiger partial charge in [-0.15, -0.1) is 0 Å². The van der Waals surface area contributed by atoms with Crippen LogP contribution in [0.2, 0.25) is 0 Å². The summed E-state index contributed by atoms with van der Waals surface area (Å²) in [6, 6.07) is 8.69. The lowest BCUT2D eigenvalue weighted by Gasteiger charge is -2.20. The third-order valence-electron chi connectivity index (χ3n) is 3.02. The van der Waals surface area contributed by atoms with Crippen LogP contribution in [0.5, 0.6) is 0 Å². The first kappa shape index (κ1) is 12.6. The summed E-state index contributed by atoms with van der Waals surface area (Å²) in [6.07, 6.45) is -1.53. The minimum atomic E-state index is -0.804. The quantitative estimate of drug-likeness (QED) is 0.858. The SMILES string of the molecule is CC1C(O)CC(=O)N1C(=O)OCc1ccccc1. The van der Waals surface area contributed by atoms with Gasteiger partial charge >= 0.3 is 6.09 Å². The van der Waals surface area contributed by atoms with E-state index in [9.17, 15) is 14.7 Å². The molecule has 5 heteroatoms. The molecule has 1 saturated heterocycles. The fourth-order valence-electron chi connectivity index (χ4n) is 1.90. The zero-order valence-electron chi connectivity index (χ0n) is 10.1. The summed E-state index contributed by atoms with van der Waals surface area (Å²) in [6.45, 7) is 1.74. The highest BCUT2D eigenvalue weighted by Gasteiger charge is 2.40. The number of ether oxygens (including phenoxy) is 1. The summed E-state index contributed by atoms with van der Waals surface area (Å²) < 4.78 is 5.06. The topological polar surface area (TPSA) is 66.8 Å². The second kappa shape index (κ2) is 5.18. The van der Waals surface area contributed by atoms with Crippen LogP contribution in [-0.2, 0) is 16.1 Å². The highest BCUT2D eigenvalue weighted by atomic mass is 16.6. The molecular weight excluding hydrogens is 234 g/mol. The average Bonchev–Trinajstić information content (AvgIpc) is 2.62. The monoisotopic (exact) mass is 249 g/mol. The molecule has 1 heterocycles. The van der Waals surface area contributed by atoms with Crippen molar-refractivity contribution < 1.29 is 19.4 Å². The highest BCUT2D eigenvalue weighted by molar-refractivity contribution is 5.94. The van der Waals surface area contributed by atoms with Crippen LogP contribution in [0.4, 0.5) is 4.79 Å². The number of carbonyl (C=O) groups excluding carboxylic acids is 2. The maximum Gasteiger partial charge on any atom is 0.417 e. The van der Waals surface area contributed by atoms with Gasteiger partial charge in [0.2, 0.25) is 5.91 Å². The summed E-state index contributed by atoms with van der Waals surface area (Å²) in [7, 11) is 0. The second-order valence-electron chi connectivity index (χ2n) is 4.32. The van der Waals surface area contributed by atoms with Crippen LogP contribution in [0, 0.1) is 0 Å². The van der Waals surface area contributed by atoms with Crippen molar-refractivity contribution in [3.05, 3.63) is 35.9 Å². The standard InChI is InChI=1S/C13H15NO4/c1-9-11(15)7-12(16)14(9)13(17)18-8-10-5-3-2-4-6-10/h2-6,9,11,15H,7-8H2,1H3. The molecule has 0 radical (unpaired) electrons. The van der Waals surface area contributed by atoms with Gasteiger partial charge in [-0.25, -0.2) is 9.69 Å². The number of imide groups is 1. The van der Waals surface area contributed by atoms with Gasteiger partial charge in [0.25, 0.3) is 0 Å². The molecular formula is C13H15NO4. The number of benzene rings is 1. The van der Waals surface area contributed by atoms with Gasteiger partial charge in [-0.2, -0.15) is 0 Å². The number of carbonyl (C=O) groups is 2. The number of aliphatic hydroxyl groups is 1. The Morgan fingerprint density at radius 3 is 2.67 bits per heavy atom. The van der Waals surface area contributed by atoms with Crippen LogP contribution in [0.1, 0.15) is 18.9 Å². The van der Waals surface area contributed by atoms with Crippen LogP contribution in [0.3, 0.4) is 0 Å². The molecule has 1 aliphatic heterocycles. The molecule has 1 N–H and O–H groups in total. The van der Waals surface area contributed by atoms with Crippen molar-refractivity contribution in [1.82, 2.24) is 4.90 Å². The maximum atomic E-state index is 11.8. The van der Waals surface area contributed by atoms with Crippen molar-refractivity contribution in [2.75, 3.05) is 0 Å². The van der Waals surface area contributed by atoms with Crippen LogP contribution >= 0.6 is 0 Å². The Morgan fingerprint density at radius 1 is 1.44 bits per heavy atom. The molecule has 0 spiro atoms. The highest BCUT2D eigenvalue weighted by Crippen LogP contribution is 2.20. The Kier molecular flexibility index (Phi) is 3.62. The van der Waals surface area contributed by atoms with Gasteiger partial charge in [0.15, 0.2) is 0 Å². The molecule has 18 heavy (non-hydrogen) atoms. The molecule has 96 valence electrons. The van der Waals surface area contributed by atoms with Crippen LogP contribution in [0.15, 0.2) is 30.3 Å². The number of aliphatic hydroxyl groups excluding tert-OH is 1. The Morgan fingerprint density at radius 2 is 2.11 bits per heavy atom. The Bertz CT molecular complexity index is 446. The zero-order valence-corrected chi connectivity index (χ0v) is 10.1. The van der Waals surface area contributed by atoms with Gasteiger partial charge in [-0.05, 0) is 12.5 Å². The molecule has 1 aliphatic rings. The molecule has 0 aliphatic carbocycles. The lowest BCUT2D eigenvalue weighted by atomic mass is 10.2. The Balaban J connectivity index is 1.94. The van der Waals surface area contributed by atoms with E-state index in [1.54, 1.807) is 6.92 Å². The summed E-state index contributed by atoms with van der Waals surface area (Å²) in [5.41, 5.74) is 0.852. The molecule has 1 aromatic carbocycles.